The number of hydrogen-bond donors (Lipinski definition) is 1. The molecule has 0 spiro atoms. The van der Waals surface area contributed by atoms with E-state index in [9.17, 15) is 4.79 Å². The third-order valence-electron chi connectivity index (χ3n) is 4.56. The van der Waals surface area contributed by atoms with E-state index in [4.69, 9.17) is 14.0 Å². The summed E-state index contributed by atoms with van der Waals surface area (Å²) in [5.41, 5.74) is 2.70. The SMILES string of the molecule is CCOc1cc2c(cc1/C=C/C(=O)NCc1nc(-c3ccncc3)no1)OC(C)C2. The van der Waals surface area contributed by atoms with Crippen LogP contribution in [0.2, 0.25) is 0 Å². The Bertz CT molecular complexity index is 1060. The minimum absolute atomic E-state index is 0.129. The van der Waals surface area contributed by atoms with Gasteiger partial charge in [0.2, 0.25) is 17.6 Å². The zero-order valence-electron chi connectivity index (χ0n) is 16.8. The van der Waals surface area contributed by atoms with Crippen LogP contribution in [0.25, 0.3) is 17.5 Å². The molecule has 8 heteroatoms. The second-order valence-electron chi connectivity index (χ2n) is 6.86. The summed E-state index contributed by atoms with van der Waals surface area (Å²) in [6.45, 7) is 4.63. The maximum absolute atomic E-state index is 12.3. The summed E-state index contributed by atoms with van der Waals surface area (Å²) in [4.78, 5) is 20.5. The average molecular weight is 406 g/mol. The molecule has 3 heterocycles. The zero-order chi connectivity index (χ0) is 20.9. The number of fused-ring (bicyclic) bond motifs is 1. The van der Waals surface area contributed by atoms with Crippen LogP contribution < -0.4 is 14.8 Å². The number of pyridine rings is 1. The molecular formula is C22H22N4O4. The van der Waals surface area contributed by atoms with Crippen molar-refractivity contribution in [2.45, 2.75) is 32.9 Å². The van der Waals surface area contributed by atoms with Gasteiger partial charge in [0.1, 0.15) is 17.6 Å². The molecule has 154 valence electrons. The van der Waals surface area contributed by atoms with Crippen molar-refractivity contribution in [2.24, 2.45) is 0 Å². The molecular weight excluding hydrogens is 384 g/mol. The number of carbonyl (C=O) groups excluding carboxylic acids is 1. The molecule has 2 aromatic heterocycles. The van der Waals surface area contributed by atoms with E-state index in [0.717, 1.165) is 34.6 Å². The number of rotatable bonds is 7. The van der Waals surface area contributed by atoms with E-state index < -0.39 is 0 Å². The highest BCUT2D eigenvalue weighted by atomic mass is 16.5. The summed E-state index contributed by atoms with van der Waals surface area (Å²) < 4.78 is 16.7. The van der Waals surface area contributed by atoms with Crippen LogP contribution in [0.3, 0.4) is 0 Å². The molecule has 1 atom stereocenters. The van der Waals surface area contributed by atoms with E-state index in [2.05, 4.69) is 20.4 Å². The van der Waals surface area contributed by atoms with Crippen molar-refractivity contribution in [1.82, 2.24) is 20.4 Å². The maximum atomic E-state index is 12.3. The number of nitrogens with one attached hydrogen (secondary N) is 1. The number of nitrogens with zero attached hydrogens (tertiary/aromatic N) is 3. The van der Waals surface area contributed by atoms with Gasteiger partial charge in [0.15, 0.2) is 0 Å². The van der Waals surface area contributed by atoms with Gasteiger partial charge in [0.25, 0.3) is 0 Å². The fourth-order valence-electron chi connectivity index (χ4n) is 3.20. The van der Waals surface area contributed by atoms with Gasteiger partial charge in [-0.1, -0.05) is 5.16 Å². The first-order chi connectivity index (χ1) is 14.6. The summed E-state index contributed by atoms with van der Waals surface area (Å²) in [6.07, 6.45) is 7.46. The largest absolute Gasteiger partial charge is 0.493 e. The first-order valence-corrected chi connectivity index (χ1v) is 9.77. The fraction of sp³-hybridized carbons (Fsp3) is 0.273. The minimum atomic E-state index is -0.282. The number of amides is 1. The molecule has 3 aromatic rings. The average Bonchev–Trinajstić information content (AvgIpc) is 3.37. The standard InChI is InChI=1S/C22H22N4O4/c1-3-28-18-12-17-10-14(2)29-19(17)11-16(18)4-5-20(27)24-13-21-25-22(26-30-21)15-6-8-23-9-7-15/h4-9,11-12,14H,3,10,13H2,1-2H3,(H,24,27)/b5-4+. The Labute approximate surface area is 173 Å². The molecule has 0 saturated carbocycles. The van der Waals surface area contributed by atoms with Crippen LogP contribution in [-0.2, 0) is 17.8 Å². The van der Waals surface area contributed by atoms with Gasteiger partial charge in [-0.2, -0.15) is 4.98 Å². The van der Waals surface area contributed by atoms with Gasteiger partial charge in [0.05, 0.1) is 13.2 Å². The Hall–Kier alpha value is -3.68. The molecule has 1 aromatic carbocycles. The summed E-state index contributed by atoms with van der Waals surface area (Å²) in [5.74, 6) is 2.05. The Kier molecular flexibility index (Phi) is 5.74. The van der Waals surface area contributed by atoms with Crippen molar-refractivity contribution in [3.63, 3.8) is 0 Å². The van der Waals surface area contributed by atoms with Gasteiger partial charge in [-0.05, 0) is 44.2 Å². The summed E-state index contributed by atoms with van der Waals surface area (Å²) in [7, 11) is 0. The Morgan fingerprint density at radius 2 is 2.17 bits per heavy atom. The van der Waals surface area contributed by atoms with Gasteiger partial charge in [0, 0.05) is 41.6 Å². The quantitative estimate of drug-likeness (QED) is 0.602. The highest BCUT2D eigenvalue weighted by molar-refractivity contribution is 5.92. The third-order valence-corrected chi connectivity index (χ3v) is 4.56. The van der Waals surface area contributed by atoms with Crippen molar-refractivity contribution in [1.29, 1.82) is 0 Å². The van der Waals surface area contributed by atoms with Crippen molar-refractivity contribution < 1.29 is 18.8 Å². The Balaban J connectivity index is 1.40. The van der Waals surface area contributed by atoms with Crippen LogP contribution in [0.1, 0.15) is 30.9 Å². The van der Waals surface area contributed by atoms with Crippen molar-refractivity contribution in [3.8, 4) is 22.9 Å². The van der Waals surface area contributed by atoms with E-state index in [-0.39, 0.29) is 18.6 Å². The molecule has 30 heavy (non-hydrogen) atoms. The lowest BCUT2D eigenvalue weighted by atomic mass is 10.1. The molecule has 1 unspecified atom stereocenters. The molecule has 1 aliphatic heterocycles. The third kappa shape index (κ3) is 4.48. The second-order valence-corrected chi connectivity index (χ2v) is 6.86. The van der Waals surface area contributed by atoms with E-state index in [0.29, 0.717) is 18.3 Å². The molecule has 0 bridgehead atoms. The Morgan fingerprint density at radius 1 is 1.33 bits per heavy atom. The monoisotopic (exact) mass is 406 g/mol. The molecule has 0 aliphatic carbocycles. The molecule has 1 N–H and O–H groups in total. The van der Waals surface area contributed by atoms with Crippen LogP contribution >= 0.6 is 0 Å². The van der Waals surface area contributed by atoms with Crippen LogP contribution in [0, 0.1) is 0 Å². The van der Waals surface area contributed by atoms with Gasteiger partial charge < -0.3 is 19.3 Å². The van der Waals surface area contributed by atoms with Gasteiger partial charge >= 0.3 is 0 Å². The zero-order valence-corrected chi connectivity index (χ0v) is 16.8. The molecule has 0 fully saturated rings. The van der Waals surface area contributed by atoms with Gasteiger partial charge in [-0.25, -0.2) is 0 Å². The van der Waals surface area contributed by atoms with Crippen LogP contribution in [0.5, 0.6) is 11.5 Å². The highest BCUT2D eigenvalue weighted by Gasteiger charge is 2.21. The molecule has 8 nitrogen and oxygen atoms in total. The lowest BCUT2D eigenvalue weighted by molar-refractivity contribution is -0.116. The smallest absolute Gasteiger partial charge is 0.246 e. The van der Waals surface area contributed by atoms with Crippen LogP contribution in [0.15, 0.2) is 47.3 Å². The maximum Gasteiger partial charge on any atom is 0.246 e. The van der Waals surface area contributed by atoms with Crippen molar-refractivity contribution >= 4 is 12.0 Å². The molecule has 1 aliphatic rings. The topological polar surface area (TPSA) is 99.4 Å². The second kappa shape index (κ2) is 8.77. The minimum Gasteiger partial charge on any atom is -0.493 e. The number of hydrogen-bond acceptors (Lipinski definition) is 7. The number of benzene rings is 1. The summed E-state index contributed by atoms with van der Waals surface area (Å²) in [6, 6.07) is 7.46. The Morgan fingerprint density at radius 3 is 2.97 bits per heavy atom. The number of aromatic nitrogens is 3. The first-order valence-electron chi connectivity index (χ1n) is 9.77. The normalized spacial score (nSPS) is 15.1. The number of ether oxygens (including phenoxy) is 2. The van der Waals surface area contributed by atoms with Gasteiger partial charge in [-0.3, -0.25) is 9.78 Å². The highest BCUT2D eigenvalue weighted by Crippen LogP contribution is 2.35. The predicted octanol–water partition coefficient (Wildman–Crippen LogP) is 3.18. The lowest BCUT2D eigenvalue weighted by Gasteiger charge is -2.10. The molecule has 0 saturated heterocycles. The molecule has 4 rings (SSSR count). The van der Waals surface area contributed by atoms with Crippen molar-refractivity contribution in [2.75, 3.05) is 6.61 Å². The van der Waals surface area contributed by atoms with E-state index in [1.54, 1.807) is 30.6 Å². The summed E-state index contributed by atoms with van der Waals surface area (Å²) >= 11 is 0. The predicted molar refractivity (Wildman–Crippen MR) is 110 cm³/mol. The van der Waals surface area contributed by atoms with Crippen LogP contribution in [-0.4, -0.2) is 33.7 Å². The van der Waals surface area contributed by atoms with E-state index in [1.165, 1.54) is 6.08 Å². The van der Waals surface area contributed by atoms with E-state index in [1.807, 2.05) is 26.0 Å². The lowest BCUT2D eigenvalue weighted by Crippen LogP contribution is -2.20. The summed E-state index contributed by atoms with van der Waals surface area (Å²) in [5, 5.41) is 6.65. The molecule has 0 radical (unpaired) electrons. The van der Waals surface area contributed by atoms with Gasteiger partial charge in [-0.15, -0.1) is 0 Å². The fourth-order valence-corrected chi connectivity index (χ4v) is 3.20. The number of carbonyl (C=O) groups is 1. The van der Waals surface area contributed by atoms with Crippen molar-refractivity contribution in [3.05, 3.63) is 59.8 Å². The van der Waals surface area contributed by atoms with Crippen LogP contribution in [0.4, 0.5) is 0 Å². The van der Waals surface area contributed by atoms with E-state index >= 15 is 0 Å². The molecule has 1 amide bonds. The first kappa shape index (κ1) is 19.6.